The zero-order valence-corrected chi connectivity index (χ0v) is 6.76. The molecule has 0 unspecified atom stereocenters. The van der Waals surface area contributed by atoms with Gasteiger partial charge in [0.05, 0.1) is 0 Å². The Morgan fingerprint density at radius 3 is 2.00 bits per heavy atom. The van der Waals surface area contributed by atoms with Gasteiger partial charge in [-0.25, -0.2) is 0 Å². The van der Waals surface area contributed by atoms with Gasteiger partial charge in [0.2, 0.25) is 7.42 Å². The molecule has 0 spiro atoms. The van der Waals surface area contributed by atoms with E-state index in [1.54, 1.807) is 0 Å². The Hall–Kier alpha value is 1.15. The van der Waals surface area contributed by atoms with Crippen LogP contribution in [0.4, 0.5) is 0 Å². The molecule has 6 heavy (non-hydrogen) atoms. The van der Waals surface area contributed by atoms with Gasteiger partial charge in [-0.05, 0) is 11.8 Å². The van der Waals surface area contributed by atoms with Crippen LogP contribution < -0.4 is 0 Å². The summed E-state index contributed by atoms with van der Waals surface area (Å²) in [6.45, 7) is 0. The molecule has 0 amide bonds. The molecule has 0 N–H and O–H groups in total. The molecule has 0 bridgehead atoms. The maximum atomic E-state index is 5.43. The second kappa shape index (κ2) is 4.31. The van der Waals surface area contributed by atoms with Gasteiger partial charge in [-0.15, -0.1) is 0 Å². The lowest BCUT2D eigenvalue weighted by molar-refractivity contribution is 1.51. The molecular weight excluding hydrogens is 155 g/mol. The largest absolute Gasteiger partial charge is 0.237 e. The first-order valence-corrected chi connectivity index (χ1v) is 6.60. The van der Waals surface area contributed by atoms with Gasteiger partial charge in [-0.1, -0.05) is 0 Å². The molecule has 0 aromatic carbocycles. The normalized spacial score (nSPS) is 10.0. The summed E-state index contributed by atoms with van der Waals surface area (Å²) in [7, 11) is -1.30. The zero-order valence-electron chi connectivity index (χ0n) is 3.19. The molecule has 0 saturated heterocycles. The topological polar surface area (TPSA) is 0 Å². The maximum Gasteiger partial charge on any atom is 0.237 e. The molecule has 0 aliphatic heterocycles. The van der Waals surface area contributed by atoms with E-state index in [0.29, 0.717) is 0 Å². The van der Waals surface area contributed by atoms with Crippen molar-refractivity contribution in [1.82, 2.24) is 0 Å². The van der Waals surface area contributed by atoms with Crippen LogP contribution in [-0.4, -0.2) is 13.2 Å². The van der Waals surface area contributed by atoms with E-state index in [1.807, 2.05) is 0 Å². The highest BCUT2D eigenvalue weighted by molar-refractivity contribution is 7.80. The Kier molecular flexibility index (Phi) is 5.13. The summed E-state index contributed by atoms with van der Waals surface area (Å²) in [5.74, 6) is 0.823. The van der Waals surface area contributed by atoms with Crippen LogP contribution in [0.5, 0.6) is 0 Å². The smallest absolute Gasteiger partial charge is 0.180 e. The van der Waals surface area contributed by atoms with E-state index in [9.17, 15) is 0 Å². The van der Waals surface area contributed by atoms with Crippen LogP contribution in [0.15, 0.2) is 0 Å². The molecule has 0 rings (SSSR count). The molecule has 0 aliphatic carbocycles. The van der Waals surface area contributed by atoms with E-state index in [4.69, 9.17) is 22.2 Å². The third kappa shape index (κ3) is 5.15. The van der Waals surface area contributed by atoms with Crippen molar-refractivity contribution < 1.29 is 0 Å². The fraction of sp³-hybridized carbons (Fsp3) is 1.00. The predicted molar refractivity (Wildman–Crippen MR) is 37.5 cm³/mol. The summed E-state index contributed by atoms with van der Waals surface area (Å²) >= 11 is 14.8. The monoisotopic (exact) mass is 160 g/mol. The highest BCUT2D eigenvalue weighted by Gasteiger charge is 1.96. The molecule has 0 aromatic rings. The molecule has 0 nitrogen and oxygen atoms in total. The predicted octanol–water partition coefficient (Wildman–Crippen LogP) is 1.61. The van der Waals surface area contributed by atoms with Crippen molar-refractivity contribution in [2.24, 2.45) is 0 Å². The van der Waals surface area contributed by atoms with Gasteiger partial charge in [0, 0.05) is 0 Å². The molecule has 38 valence electrons. The summed E-state index contributed by atoms with van der Waals surface area (Å²) in [6.07, 6.45) is 0. The fourth-order valence-corrected chi connectivity index (χ4v) is 2.63. The van der Waals surface area contributed by atoms with Gasteiger partial charge < -0.3 is 0 Å². The Morgan fingerprint density at radius 1 is 1.50 bits per heavy atom. The number of halogens is 2. The lowest BCUT2D eigenvalue weighted by Crippen LogP contribution is -1.90. The van der Waals surface area contributed by atoms with E-state index in [0.717, 1.165) is 11.8 Å². The summed E-state index contributed by atoms with van der Waals surface area (Å²) < 4.78 is 0. The van der Waals surface area contributed by atoms with Crippen molar-refractivity contribution in [1.29, 1.82) is 0 Å². The molecule has 0 aliphatic rings. The number of thiol groups is 1. The lowest BCUT2D eigenvalue weighted by Gasteiger charge is -1.87. The minimum Gasteiger partial charge on any atom is -0.180 e. The molecular formula is C2H6Cl2SSi. The average Bonchev–Trinajstić information content (AvgIpc) is 1.35. The van der Waals surface area contributed by atoms with E-state index in [1.165, 1.54) is 0 Å². The average molecular weight is 161 g/mol. The van der Waals surface area contributed by atoms with Crippen LogP contribution in [0.3, 0.4) is 0 Å². The van der Waals surface area contributed by atoms with E-state index < -0.39 is 7.42 Å². The van der Waals surface area contributed by atoms with Crippen molar-refractivity contribution >= 4 is 42.2 Å². The Balaban J connectivity index is 2.63. The summed E-state index contributed by atoms with van der Waals surface area (Å²) in [5, 5.41) is 0. The van der Waals surface area contributed by atoms with Crippen molar-refractivity contribution in [3.63, 3.8) is 0 Å². The van der Waals surface area contributed by atoms with Gasteiger partial charge in [0.25, 0.3) is 0 Å². The first kappa shape index (κ1) is 7.15. The van der Waals surface area contributed by atoms with Crippen LogP contribution >= 0.6 is 34.8 Å². The van der Waals surface area contributed by atoms with Gasteiger partial charge in [-0.3, -0.25) is 0 Å². The maximum absolute atomic E-state index is 5.43. The second-order valence-corrected chi connectivity index (χ2v) is 6.54. The van der Waals surface area contributed by atoms with Crippen LogP contribution in [0.2, 0.25) is 6.04 Å². The molecule has 0 radical (unpaired) electrons. The van der Waals surface area contributed by atoms with E-state index >= 15 is 0 Å². The lowest BCUT2D eigenvalue weighted by atomic mass is 11.0. The first-order valence-electron chi connectivity index (χ1n) is 1.66. The standard InChI is InChI=1S/C2H6Cl2SSi/c3-6(4)2-1-5/h5-6H,1-2H2. The van der Waals surface area contributed by atoms with E-state index in [2.05, 4.69) is 12.6 Å². The van der Waals surface area contributed by atoms with Crippen LogP contribution in [-0.2, 0) is 0 Å². The third-order valence-corrected chi connectivity index (χ3v) is 3.13. The molecule has 0 atom stereocenters. The minimum absolute atomic E-state index is 0.823. The molecule has 0 aromatic heterocycles. The quantitative estimate of drug-likeness (QED) is 0.355. The van der Waals surface area contributed by atoms with Crippen LogP contribution in [0, 0.1) is 0 Å². The van der Waals surface area contributed by atoms with Crippen molar-refractivity contribution in [2.45, 2.75) is 6.04 Å². The molecule has 0 fully saturated rings. The summed E-state index contributed by atoms with van der Waals surface area (Å²) in [4.78, 5) is 0. The van der Waals surface area contributed by atoms with Gasteiger partial charge in [0.1, 0.15) is 0 Å². The Labute approximate surface area is 54.3 Å². The first-order chi connectivity index (χ1) is 2.77. The number of rotatable bonds is 2. The third-order valence-electron chi connectivity index (χ3n) is 0.347. The highest BCUT2D eigenvalue weighted by Crippen LogP contribution is 2.02. The zero-order chi connectivity index (χ0) is 4.99. The Morgan fingerprint density at radius 2 is 2.00 bits per heavy atom. The summed E-state index contributed by atoms with van der Waals surface area (Å²) in [5.41, 5.74) is 0. The van der Waals surface area contributed by atoms with E-state index in [-0.39, 0.29) is 0 Å². The Bertz CT molecular complexity index is 32.7. The van der Waals surface area contributed by atoms with Crippen LogP contribution in [0.1, 0.15) is 0 Å². The number of hydrogen-bond donors (Lipinski definition) is 1. The van der Waals surface area contributed by atoms with Gasteiger partial charge in [-0.2, -0.15) is 34.8 Å². The fourth-order valence-electron chi connectivity index (χ4n) is 0.0976. The van der Waals surface area contributed by atoms with Crippen molar-refractivity contribution in [3.05, 3.63) is 0 Å². The SMILES string of the molecule is SCC[SiH](Cl)Cl. The molecule has 0 heterocycles. The molecule has 0 saturated carbocycles. The summed E-state index contributed by atoms with van der Waals surface area (Å²) in [6, 6.07) is 0.909. The van der Waals surface area contributed by atoms with Gasteiger partial charge in [0.15, 0.2) is 0 Å². The second-order valence-electron chi connectivity index (χ2n) is 0.903. The van der Waals surface area contributed by atoms with Gasteiger partial charge >= 0.3 is 0 Å². The van der Waals surface area contributed by atoms with Crippen molar-refractivity contribution in [3.8, 4) is 0 Å². The highest BCUT2D eigenvalue weighted by atomic mass is 35.7. The van der Waals surface area contributed by atoms with Crippen molar-refractivity contribution in [2.75, 3.05) is 5.75 Å². The van der Waals surface area contributed by atoms with Crippen LogP contribution in [0.25, 0.3) is 0 Å². The molecule has 4 heteroatoms. The minimum atomic E-state index is -1.30. The number of hydrogen-bond acceptors (Lipinski definition) is 1.